The molecule has 1 aliphatic rings. The van der Waals surface area contributed by atoms with Crippen molar-refractivity contribution in [2.45, 2.75) is 18.9 Å². The van der Waals surface area contributed by atoms with Crippen LogP contribution in [0.1, 0.15) is 30.0 Å². The minimum Gasteiger partial charge on any atom is -0.319 e. The molecule has 2 unspecified atom stereocenters. The number of nitrogens with zero attached hydrogens (tertiary/aromatic N) is 2. The van der Waals surface area contributed by atoms with Crippen molar-refractivity contribution in [1.82, 2.24) is 10.2 Å². The summed E-state index contributed by atoms with van der Waals surface area (Å²) in [6.07, 6.45) is 2.35. The number of hydrogen-bond acceptors (Lipinski definition) is 3. The zero-order valence-electron chi connectivity index (χ0n) is 11.5. The molecule has 0 amide bonds. The van der Waals surface area contributed by atoms with Crippen LogP contribution in [0.4, 0.5) is 4.39 Å². The molecule has 2 rings (SSSR count). The molecule has 19 heavy (non-hydrogen) atoms. The molecule has 102 valence electrons. The Morgan fingerprint density at radius 1 is 1.53 bits per heavy atom. The summed E-state index contributed by atoms with van der Waals surface area (Å²) in [6.45, 7) is 1.98. The van der Waals surface area contributed by atoms with Crippen molar-refractivity contribution < 1.29 is 4.39 Å². The van der Waals surface area contributed by atoms with E-state index in [4.69, 9.17) is 5.26 Å². The summed E-state index contributed by atoms with van der Waals surface area (Å²) in [5.41, 5.74) is 1.18. The van der Waals surface area contributed by atoms with Gasteiger partial charge in [-0.3, -0.25) is 4.90 Å². The van der Waals surface area contributed by atoms with E-state index < -0.39 is 5.82 Å². The predicted octanol–water partition coefficient (Wildman–Crippen LogP) is 2.30. The van der Waals surface area contributed by atoms with E-state index in [2.05, 4.69) is 17.3 Å². The smallest absolute Gasteiger partial charge is 0.140 e. The fraction of sp³-hybridized carbons (Fsp3) is 0.533. The third-order valence-electron chi connectivity index (χ3n) is 3.93. The first-order valence-electron chi connectivity index (χ1n) is 6.71. The van der Waals surface area contributed by atoms with Crippen molar-refractivity contribution in [2.75, 3.05) is 27.2 Å². The van der Waals surface area contributed by atoms with Gasteiger partial charge in [0, 0.05) is 6.04 Å². The van der Waals surface area contributed by atoms with Gasteiger partial charge in [0.15, 0.2) is 0 Å². The molecule has 1 aliphatic heterocycles. The highest BCUT2D eigenvalue weighted by Crippen LogP contribution is 2.35. The van der Waals surface area contributed by atoms with Gasteiger partial charge in [0.25, 0.3) is 0 Å². The quantitative estimate of drug-likeness (QED) is 0.907. The van der Waals surface area contributed by atoms with Crippen molar-refractivity contribution in [1.29, 1.82) is 5.26 Å². The van der Waals surface area contributed by atoms with Gasteiger partial charge in [-0.25, -0.2) is 4.39 Å². The maximum atomic E-state index is 13.4. The van der Waals surface area contributed by atoms with Crippen LogP contribution in [0.5, 0.6) is 0 Å². The number of halogens is 1. The summed E-state index contributed by atoms with van der Waals surface area (Å²) in [5, 5.41) is 12.2. The SMILES string of the molecule is CNCC1CCCN(C)C1c1ccc(F)c(C#N)c1. The molecule has 0 radical (unpaired) electrons. The second-order valence-electron chi connectivity index (χ2n) is 5.24. The molecule has 1 aromatic rings. The van der Waals surface area contributed by atoms with Crippen LogP contribution in [0.25, 0.3) is 0 Å². The van der Waals surface area contributed by atoms with Crippen LogP contribution in [0.3, 0.4) is 0 Å². The summed E-state index contributed by atoms with van der Waals surface area (Å²) in [5.74, 6) is 0.0654. The lowest BCUT2D eigenvalue weighted by Crippen LogP contribution is -2.39. The van der Waals surface area contributed by atoms with Gasteiger partial charge < -0.3 is 5.32 Å². The first-order valence-corrected chi connectivity index (χ1v) is 6.71. The number of nitrogens with one attached hydrogen (secondary N) is 1. The van der Waals surface area contributed by atoms with Crippen LogP contribution in [0.2, 0.25) is 0 Å². The Kier molecular flexibility index (Phi) is 4.52. The van der Waals surface area contributed by atoms with Gasteiger partial charge in [-0.05, 0) is 63.6 Å². The normalized spacial score (nSPS) is 24.1. The molecule has 0 aliphatic carbocycles. The molecule has 1 heterocycles. The van der Waals surface area contributed by atoms with E-state index in [9.17, 15) is 4.39 Å². The molecule has 0 aromatic heterocycles. The molecular weight excluding hydrogens is 241 g/mol. The lowest BCUT2D eigenvalue weighted by Gasteiger charge is -2.39. The summed E-state index contributed by atoms with van der Waals surface area (Å²) < 4.78 is 13.4. The molecule has 4 heteroatoms. The number of piperidine rings is 1. The van der Waals surface area contributed by atoms with Gasteiger partial charge in [-0.2, -0.15) is 5.26 Å². The van der Waals surface area contributed by atoms with Gasteiger partial charge in [0.05, 0.1) is 5.56 Å². The number of likely N-dealkylation sites (tertiary alicyclic amines) is 1. The topological polar surface area (TPSA) is 39.1 Å². The van der Waals surface area contributed by atoms with Crippen molar-refractivity contribution in [3.63, 3.8) is 0 Å². The van der Waals surface area contributed by atoms with E-state index in [0.717, 1.165) is 25.1 Å². The molecule has 1 aromatic carbocycles. The monoisotopic (exact) mass is 261 g/mol. The van der Waals surface area contributed by atoms with Crippen molar-refractivity contribution in [2.24, 2.45) is 5.92 Å². The molecule has 0 saturated carbocycles. The predicted molar refractivity (Wildman–Crippen MR) is 73.1 cm³/mol. The number of nitriles is 1. The van der Waals surface area contributed by atoms with Crippen LogP contribution < -0.4 is 5.32 Å². The van der Waals surface area contributed by atoms with Gasteiger partial charge in [-0.15, -0.1) is 0 Å². The van der Waals surface area contributed by atoms with Crippen molar-refractivity contribution in [3.8, 4) is 6.07 Å². The molecule has 0 spiro atoms. The van der Waals surface area contributed by atoms with E-state index in [0.29, 0.717) is 5.92 Å². The van der Waals surface area contributed by atoms with Crippen LogP contribution in [0, 0.1) is 23.1 Å². The minimum atomic E-state index is -0.435. The van der Waals surface area contributed by atoms with Gasteiger partial charge >= 0.3 is 0 Å². The Bertz CT molecular complexity index is 479. The molecule has 1 N–H and O–H groups in total. The molecule has 1 fully saturated rings. The summed E-state index contributed by atoms with van der Waals surface area (Å²) in [7, 11) is 4.05. The summed E-state index contributed by atoms with van der Waals surface area (Å²) >= 11 is 0. The van der Waals surface area contributed by atoms with E-state index in [1.165, 1.54) is 12.5 Å². The van der Waals surface area contributed by atoms with Crippen LogP contribution in [-0.2, 0) is 0 Å². The second-order valence-corrected chi connectivity index (χ2v) is 5.24. The van der Waals surface area contributed by atoms with Gasteiger partial charge in [-0.1, -0.05) is 6.07 Å². The highest BCUT2D eigenvalue weighted by molar-refractivity contribution is 5.36. The average Bonchev–Trinajstić information content (AvgIpc) is 2.40. The minimum absolute atomic E-state index is 0.139. The van der Waals surface area contributed by atoms with Gasteiger partial charge in [0.1, 0.15) is 11.9 Å². The number of hydrogen-bond donors (Lipinski definition) is 1. The standard InChI is InChI=1S/C15H20FN3/c1-18-10-12-4-3-7-19(2)15(12)11-5-6-14(16)13(8-11)9-17/h5-6,8,12,15,18H,3-4,7,10H2,1-2H3. The third kappa shape index (κ3) is 2.94. The summed E-state index contributed by atoms with van der Waals surface area (Å²) in [4.78, 5) is 2.31. The lowest BCUT2D eigenvalue weighted by atomic mass is 9.84. The highest BCUT2D eigenvalue weighted by atomic mass is 19.1. The Balaban J connectivity index is 2.33. The zero-order valence-corrected chi connectivity index (χ0v) is 11.5. The average molecular weight is 261 g/mol. The molecule has 2 atom stereocenters. The number of rotatable bonds is 3. The number of benzene rings is 1. The Morgan fingerprint density at radius 2 is 2.32 bits per heavy atom. The zero-order chi connectivity index (χ0) is 13.8. The largest absolute Gasteiger partial charge is 0.319 e. The van der Waals surface area contributed by atoms with Crippen LogP contribution in [-0.4, -0.2) is 32.1 Å². The summed E-state index contributed by atoms with van der Waals surface area (Å²) in [6, 6.07) is 7.10. The van der Waals surface area contributed by atoms with E-state index in [-0.39, 0.29) is 11.6 Å². The Labute approximate surface area is 114 Å². The maximum Gasteiger partial charge on any atom is 0.140 e. The second kappa shape index (κ2) is 6.14. The first-order chi connectivity index (χ1) is 9.17. The van der Waals surface area contributed by atoms with E-state index in [1.807, 2.05) is 19.2 Å². The Hall–Kier alpha value is -1.44. The highest BCUT2D eigenvalue weighted by Gasteiger charge is 2.30. The lowest BCUT2D eigenvalue weighted by molar-refractivity contribution is 0.121. The fourth-order valence-electron chi connectivity index (χ4n) is 3.07. The van der Waals surface area contributed by atoms with Crippen molar-refractivity contribution in [3.05, 3.63) is 35.1 Å². The maximum absolute atomic E-state index is 13.4. The fourth-order valence-corrected chi connectivity index (χ4v) is 3.07. The van der Waals surface area contributed by atoms with Crippen LogP contribution in [0.15, 0.2) is 18.2 Å². The molecule has 0 bridgehead atoms. The van der Waals surface area contributed by atoms with Gasteiger partial charge in [0.2, 0.25) is 0 Å². The Morgan fingerprint density at radius 3 is 3.00 bits per heavy atom. The van der Waals surface area contributed by atoms with E-state index in [1.54, 1.807) is 6.07 Å². The van der Waals surface area contributed by atoms with E-state index >= 15 is 0 Å². The van der Waals surface area contributed by atoms with Crippen molar-refractivity contribution >= 4 is 0 Å². The third-order valence-corrected chi connectivity index (χ3v) is 3.93. The van der Waals surface area contributed by atoms with Crippen LogP contribution >= 0.6 is 0 Å². The first kappa shape index (κ1) is 14.0. The molecular formula is C15H20FN3. The molecule has 3 nitrogen and oxygen atoms in total. The molecule has 1 saturated heterocycles.